The van der Waals surface area contributed by atoms with E-state index < -0.39 is 0 Å². The fraction of sp³-hybridized carbons (Fsp3) is 0.286. The zero-order chi connectivity index (χ0) is 19.7. The van der Waals surface area contributed by atoms with Crippen molar-refractivity contribution in [3.8, 4) is 23.0 Å². The topological polar surface area (TPSA) is 77.7 Å². The molecule has 28 heavy (non-hydrogen) atoms. The molecule has 1 saturated heterocycles. The molecule has 7 heteroatoms. The van der Waals surface area contributed by atoms with Crippen molar-refractivity contribution in [3.63, 3.8) is 0 Å². The Kier molecular flexibility index (Phi) is 4.73. The number of aryl methyl sites for hydroxylation is 1. The number of carbonyl (C=O) groups is 1. The summed E-state index contributed by atoms with van der Waals surface area (Å²) in [7, 11) is 3.17. The standard InChI is InChI=1S/C21H21N3O4/c1-13-6-4-5-7-16(13)21-22-20(23-28-21)14-10-19(25)24(12-14)17-11-15(26-2)8-9-18(17)27-3/h4-9,11,14H,10,12H2,1-3H3. The molecule has 0 aliphatic carbocycles. The normalized spacial score (nSPS) is 16.5. The quantitative estimate of drug-likeness (QED) is 0.674. The van der Waals surface area contributed by atoms with Gasteiger partial charge in [-0.15, -0.1) is 0 Å². The van der Waals surface area contributed by atoms with Gasteiger partial charge in [0, 0.05) is 30.5 Å². The highest BCUT2D eigenvalue weighted by Crippen LogP contribution is 2.38. The lowest BCUT2D eigenvalue weighted by atomic mass is 10.1. The van der Waals surface area contributed by atoms with E-state index in [9.17, 15) is 4.79 Å². The number of aromatic nitrogens is 2. The monoisotopic (exact) mass is 379 g/mol. The van der Waals surface area contributed by atoms with Crippen molar-refractivity contribution in [2.75, 3.05) is 25.7 Å². The van der Waals surface area contributed by atoms with Gasteiger partial charge in [-0.05, 0) is 30.7 Å². The van der Waals surface area contributed by atoms with Crippen molar-refractivity contribution < 1.29 is 18.8 Å². The number of hydrogen-bond acceptors (Lipinski definition) is 6. The average Bonchev–Trinajstić information content (AvgIpc) is 3.34. The SMILES string of the molecule is COc1ccc(OC)c(N2CC(c3noc(-c4ccccc4C)n3)CC2=O)c1. The van der Waals surface area contributed by atoms with E-state index in [1.165, 1.54) is 0 Å². The van der Waals surface area contributed by atoms with Crippen LogP contribution < -0.4 is 14.4 Å². The van der Waals surface area contributed by atoms with E-state index in [4.69, 9.17) is 14.0 Å². The molecule has 1 aromatic heterocycles. The van der Waals surface area contributed by atoms with Crippen LogP contribution in [-0.2, 0) is 4.79 Å². The van der Waals surface area contributed by atoms with Gasteiger partial charge in [0.1, 0.15) is 11.5 Å². The van der Waals surface area contributed by atoms with E-state index in [0.717, 1.165) is 11.1 Å². The first-order chi connectivity index (χ1) is 13.6. The molecule has 0 radical (unpaired) electrons. The predicted molar refractivity (Wildman–Crippen MR) is 104 cm³/mol. The Balaban J connectivity index is 1.60. The first-order valence-corrected chi connectivity index (χ1v) is 9.02. The number of hydrogen-bond donors (Lipinski definition) is 0. The number of benzene rings is 2. The van der Waals surface area contributed by atoms with E-state index >= 15 is 0 Å². The summed E-state index contributed by atoms with van der Waals surface area (Å²) in [6, 6.07) is 13.2. The lowest BCUT2D eigenvalue weighted by Crippen LogP contribution is -2.25. The third-order valence-corrected chi connectivity index (χ3v) is 4.98. The van der Waals surface area contributed by atoms with Gasteiger partial charge in [0.05, 0.1) is 19.9 Å². The largest absolute Gasteiger partial charge is 0.497 e. The number of methoxy groups -OCH3 is 2. The Morgan fingerprint density at radius 2 is 1.96 bits per heavy atom. The number of rotatable bonds is 5. The van der Waals surface area contributed by atoms with E-state index in [-0.39, 0.29) is 11.8 Å². The summed E-state index contributed by atoms with van der Waals surface area (Å²) in [6.07, 6.45) is 0.313. The molecule has 0 spiro atoms. The molecule has 1 fully saturated rings. The molecule has 2 aromatic carbocycles. The number of amides is 1. The molecule has 2 heterocycles. The van der Waals surface area contributed by atoms with Gasteiger partial charge >= 0.3 is 0 Å². The van der Waals surface area contributed by atoms with Crippen molar-refractivity contribution in [1.82, 2.24) is 10.1 Å². The maximum atomic E-state index is 12.7. The van der Waals surface area contributed by atoms with Crippen LogP contribution in [0.25, 0.3) is 11.5 Å². The molecule has 0 bridgehead atoms. The van der Waals surface area contributed by atoms with Crippen LogP contribution in [0.1, 0.15) is 23.7 Å². The minimum absolute atomic E-state index is 0.0150. The van der Waals surface area contributed by atoms with Crippen molar-refractivity contribution in [2.45, 2.75) is 19.3 Å². The summed E-state index contributed by atoms with van der Waals surface area (Å²) >= 11 is 0. The highest BCUT2D eigenvalue weighted by atomic mass is 16.5. The summed E-state index contributed by atoms with van der Waals surface area (Å²) in [5.41, 5.74) is 2.64. The lowest BCUT2D eigenvalue weighted by Gasteiger charge is -2.20. The number of anilines is 1. The molecule has 7 nitrogen and oxygen atoms in total. The van der Waals surface area contributed by atoms with Gasteiger partial charge in [0.15, 0.2) is 5.82 Å². The summed E-state index contributed by atoms with van der Waals surface area (Å²) in [4.78, 5) is 18.9. The third-order valence-electron chi connectivity index (χ3n) is 4.98. The zero-order valence-corrected chi connectivity index (χ0v) is 16.0. The molecule has 3 aromatic rings. The van der Waals surface area contributed by atoms with Gasteiger partial charge in [-0.2, -0.15) is 4.98 Å². The van der Waals surface area contributed by atoms with Crippen LogP contribution in [-0.4, -0.2) is 36.8 Å². The van der Waals surface area contributed by atoms with Crippen molar-refractivity contribution in [3.05, 3.63) is 53.9 Å². The fourth-order valence-electron chi connectivity index (χ4n) is 3.44. The first-order valence-electron chi connectivity index (χ1n) is 9.02. The van der Waals surface area contributed by atoms with E-state index in [1.807, 2.05) is 31.2 Å². The average molecular weight is 379 g/mol. The van der Waals surface area contributed by atoms with Gasteiger partial charge in [0.25, 0.3) is 5.89 Å². The molecule has 4 rings (SSSR count). The highest BCUT2D eigenvalue weighted by molar-refractivity contribution is 5.98. The molecule has 1 aliphatic heterocycles. The molecular weight excluding hydrogens is 358 g/mol. The second-order valence-electron chi connectivity index (χ2n) is 6.72. The van der Waals surface area contributed by atoms with Crippen LogP contribution in [0.15, 0.2) is 47.0 Å². The summed E-state index contributed by atoms with van der Waals surface area (Å²) in [5, 5.41) is 4.13. The van der Waals surface area contributed by atoms with Gasteiger partial charge in [-0.25, -0.2) is 0 Å². The molecule has 1 unspecified atom stereocenters. The Morgan fingerprint density at radius 3 is 2.71 bits per heavy atom. The Bertz CT molecular complexity index is 1010. The van der Waals surface area contributed by atoms with Crippen molar-refractivity contribution in [2.24, 2.45) is 0 Å². The van der Waals surface area contributed by atoms with Crippen molar-refractivity contribution in [1.29, 1.82) is 0 Å². The molecular formula is C21H21N3O4. The smallest absolute Gasteiger partial charge is 0.258 e. The molecule has 0 N–H and O–H groups in total. The summed E-state index contributed by atoms with van der Waals surface area (Å²) in [5.74, 6) is 2.12. The van der Waals surface area contributed by atoms with Crippen LogP contribution in [0, 0.1) is 6.92 Å². The highest BCUT2D eigenvalue weighted by Gasteiger charge is 2.36. The van der Waals surface area contributed by atoms with Gasteiger partial charge in [0.2, 0.25) is 5.91 Å². The molecule has 144 valence electrons. The maximum Gasteiger partial charge on any atom is 0.258 e. The van der Waals surface area contributed by atoms with Crippen LogP contribution in [0.2, 0.25) is 0 Å². The number of carbonyl (C=O) groups excluding carboxylic acids is 1. The predicted octanol–water partition coefficient (Wildman–Crippen LogP) is 3.58. The second kappa shape index (κ2) is 7.34. The van der Waals surface area contributed by atoms with Crippen molar-refractivity contribution >= 4 is 11.6 Å². The van der Waals surface area contributed by atoms with E-state index in [0.29, 0.717) is 41.9 Å². The Morgan fingerprint density at radius 1 is 1.14 bits per heavy atom. The fourth-order valence-corrected chi connectivity index (χ4v) is 3.44. The zero-order valence-electron chi connectivity index (χ0n) is 16.0. The molecule has 1 aliphatic rings. The number of nitrogens with zero attached hydrogens (tertiary/aromatic N) is 3. The van der Waals surface area contributed by atoms with Gasteiger partial charge < -0.3 is 18.9 Å². The molecule has 0 saturated carbocycles. The first kappa shape index (κ1) is 18.0. The summed E-state index contributed by atoms with van der Waals surface area (Å²) in [6.45, 7) is 2.45. The van der Waals surface area contributed by atoms with Gasteiger partial charge in [-0.3, -0.25) is 4.79 Å². The lowest BCUT2D eigenvalue weighted by molar-refractivity contribution is -0.117. The third kappa shape index (κ3) is 3.19. The Hall–Kier alpha value is -3.35. The van der Waals surface area contributed by atoms with Gasteiger partial charge in [-0.1, -0.05) is 23.4 Å². The van der Waals surface area contributed by atoms with E-state index in [1.54, 1.807) is 37.3 Å². The minimum Gasteiger partial charge on any atom is -0.497 e. The van der Waals surface area contributed by atoms with Crippen LogP contribution in [0.3, 0.4) is 0 Å². The van der Waals surface area contributed by atoms with Crippen LogP contribution in [0.4, 0.5) is 5.69 Å². The maximum absolute atomic E-state index is 12.7. The number of ether oxygens (including phenoxy) is 2. The molecule has 1 atom stereocenters. The Labute approximate surface area is 162 Å². The van der Waals surface area contributed by atoms with Crippen LogP contribution >= 0.6 is 0 Å². The second-order valence-corrected chi connectivity index (χ2v) is 6.72. The minimum atomic E-state index is -0.148. The molecule has 1 amide bonds. The van der Waals surface area contributed by atoms with Crippen LogP contribution in [0.5, 0.6) is 11.5 Å². The van der Waals surface area contributed by atoms with E-state index in [2.05, 4.69) is 10.1 Å². The summed E-state index contributed by atoms with van der Waals surface area (Å²) < 4.78 is 16.2.